The highest BCUT2D eigenvalue weighted by Gasteiger charge is 2.47. The first kappa shape index (κ1) is 22.1. The van der Waals surface area contributed by atoms with Gasteiger partial charge in [0.2, 0.25) is 0 Å². The Kier molecular flexibility index (Phi) is 5.40. The first-order valence-corrected chi connectivity index (χ1v) is 10.3. The lowest BCUT2D eigenvalue weighted by Crippen LogP contribution is -2.41. The van der Waals surface area contributed by atoms with E-state index in [9.17, 15) is 26.7 Å². The molecule has 1 fully saturated rings. The van der Waals surface area contributed by atoms with Gasteiger partial charge in [0.1, 0.15) is 5.82 Å². The first-order chi connectivity index (χ1) is 16.3. The van der Waals surface area contributed by atoms with E-state index in [0.717, 1.165) is 48.5 Å². The molecule has 0 spiro atoms. The summed E-state index contributed by atoms with van der Waals surface area (Å²) < 4.78 is 87.2. The van der Waals surface area contributed by atoms with Crippen molar-refractivity contribution < 1.29 is 41.0 Å². The maximum atomic E-state index is 14.9. The second kappa shape index (κ2) is 8.28. The van der Waals surface area contributed by atoms with Gasteiger partial charge in [-0.1, -0.05) is 0 Å². The Balaban J connectivity index is 1.60. The molecule has 3 aromatic carbocycles. The lowest BCUT2D eigenvalue weighted by Gasteiger charge is -2.28. The maximum absolute atomic E-state index is 14.9. The molecule has 2 aliphatic heterocycles. The van der Waals surface area contributed by atoms with Crippen LogP contribution in [0, 0.1) is 29.1 Å². The minimum absolute atomic E-state index is 0.0903. The third kappa shape index (κ3) is 3.63. The van der Waals surface area contributed by atoms with E-state index in [2.05, 4.69) is 0 Å². The summed E-state index contributed by atoms with van der Waals surface area (Å²) in [4.78, 5) is 14.3. The van der Waals surface area contributed by atoms with Crippen molar-refractivity contribution in [1.29, 1.82) is 0 Å². The molecule has 10 heteroatoms. The van der Waals surface area contributed by atoms with Crippen LogP contribution in [0.15, 0.2) is 48.5 Å². The second-order valence-electron chi connectivity index (χ2n) is 7.76. The van der Waals surface area contributed by atoms with Gasteiger partial charge in [-0.05, 0) is 42.5 Å². The predicted octanol–water partition coefficient (Wildman–Crippen LogP) is 4.53. The molecule has 1 amide bonds. The average molecular weight is 477 g/mol. The van der Waals surface area contributed by atoms with Gasteiger partial charge in [0.05, 0.1) is 18.8 Å². The largest absolute Gasteiger partial charge is 0.440 e. The number of hydrogen-bond acceptors (Lipinski definition) is 4. The van der Waals surface area contributed by atoms with Gasteiger partial charge in [-0.15, -0.1) is 0 Å². The molecule has 34 heavy (non-hydrogen) atoms. The SMILES string of the molecule is O=C(c1cc2c(cc1F)OC(c1ccc(F)c(F)c1)(c1ccc(F)c(F)c1)O2)N1CCOCC1. The molecule has 2 heterocycles. The third-order valence-electron chi connectivity index (χ3n) is 5.67. The highest BCUT2D eigenvalue weighted by molar-refractivity contribution is 5.95. The van der Waals surface area contributed by atoms with Crippen molar-refractivity contribution in [3.05, 3.63) is 94.3 Å². The van der Waals surface area contributed by atoms with Gasteiger partial charge in [-0.3, -0.25) is 4.79 Å². The molecule has 176 valence electrons. The molecule has 0 radical (unpaired) electrons. The summed E-state index contributed by atoms with van der Waals surface area (Å²) in [6.45, 7) is 1.18. The number of nitrogens with zero attached hydrogens (tertiary/aromatic N) is 1. The summed E-state index contributed by atoms with van der Waals surface area (Å²) in [7, 11) is 0. The smallest absolute Gasteiger partial charge is 0.305 e. The van der Waals surface area contributed by atoms with Gasteiger partial charge in [0.25, 0.3) is 5.91 Å². The first-order valence-electron chi connectivity index (χ1n) is 10.3. The third-order valence-corrected chi connectivity index (χ3v) is 5.67. The topological polar surface area (TPSA) is 48.0 Å². The van der Waals surface area contributed by atoms with E-state index in [0.29, 0.717) is 13.2 Å². The quantitative estimate of drug-likeness (QED) is 0.521. The van der Waals surface area contributed by atoms with E-state index >= 15 is 0 Å². The molecule has 0 atom stereocenters. The highest BCUT2D eigenvalue weighted by Crippen LogP contribution is 2.49. The number of halogens is 5. The van der Waals surface area contributed by atoms with E-state index in [-0.39, 0.29) is 41.3 Å². The van der Waals surface area contributed by atoms with Crippen molar-refractivity contribution in [2.45, 2.75) is 5.79 Å². The van der Waals surface area contributed by atoms with Gasteiger partial charge in [-0.25, -0.2) is 22.0 Å². The van der Waals surface area contributed by atoms with E-state index in [1.165, 1.54) is 4.90 Å². The molecular formula is C24H16F5NO4. The number of ether oxygens (including phenoxy) is 3. The standard InChI is InChI=1S/C24H16F5NO4/c25-16-3-1-13(9-19(16)28)24(14-2-4-17(26)20(29)10-14)33-21-11-15(18(27)12-22(21)34-24)23(31)30-5-7-32-8-6-30/h1-4,9-12H,5-8H2. The van der Waals surface area contributed by atoms with Crippen LogP contribution in [0.3, 0.4) is 0 Å². The van der Waals surface area contributed by atoms with Crippen molar-refractivity contribution in [2.75, 3.05) is 26.3 Å². The fourth-order valence-electron chi connectivity index (χ4n) is 3.93. The Morgan fingerprint density at radius 3 is 1.76 bits per heavy atom. The van der Waals surface area contributed by atoms with Crippen molar-refractivity contribution in [2.24, 2.45) is 0 Å². The fraction of sp³-hybridized carbons (Fsp3) is 0.208. The molecule has 0 bridgehead atoms. The monoisotopic (exact) mass is 477 g/mol. The molecule has 0 saturated carbocycles. The van der Waals surface area contributed by atoms with Crippen molar-refractivity contribution in [1.82, 2.24) is 4.90 Å². The number of carbonyl (C=O) groups is 1. The Hall–Kier alpha value is -3.66. The number of rotatable bonds is 3. The predicted molar refractivity (Wildman–Crippen MR) is 108 cm³/mol. The van der Waals surface area contributed by atoms with E-state index < -0.39 is 40.8 Å². The Morgan fingerprint density at radius 2 is 1.24 bits per heavy atom. The van der Waals surface area contributed by atoms with Gasteiger partial charge in [0, 0.05) is 30.3 Å². The van der Waals surface area contributed by atoms with E-state index in [1.807, 2.05) is 0 Å². The molecule has 0 N–H and O–H groups in total. The van der Waals surface area contributed by atoms with Gasteiger partial charge in [0.15, 0.2) is 34.8 Å². The van der Waals surface area contributed by atoms with Gasteiger partial charge >= 0.3 is 5.79 Å². The number of carbonyl (C=O) groups excluding carboxylic acids is 1. The lowest BCUT2D eigenvalue weighted by molar-refractivity contribution is -0.0465. The van der Waals surface area contributed by atoms with Crippen LogP contribution in [0.1, 0.15) is 21.5 Å². The molecule has 1 saturated heterocycles. The Labute approximate surface area is 190 Å². The number of fused-ring (bicyclic) bond motifs is 1. The van der Waals surface area contributed by atoms with Crippen LogP contribution in [-0.4, -0.2) is 37.1 Å². The van der Waals surface area contributed by atoms with Gasteiger partial charge in [-0.2, -0.15) is 0 Å². The number of amides is 1. The zero-order chi connectivity index (χ0) is 24.0. The maximum Gasteiger partial charge on any atom is 0.305 e. The van der Waals surface area contributed by atoms with Crippen molar-refractivity contribution in [3.63, 3.8) is 0 Å². The lowest BCUT2D eigenvalue weighted by atomic mass is 9.96. The zero-order valence-corrected chi connectivity index (χ0v) is 17.4. The molecular weight excluding hydrogens is 461 g/mol. The van der Waals surface area contributed by atoms with E-state index in [4.69, 9.17) is 14.2 Å². The van der Waals surface area contributed by atoms with Crippen LogP contribution < -0.4 is 9.47 Å². The summed E-state index contributed by atoms with van der Waals surface area (Å²) >= 11 is 0. The molecule has 5 nitrogen and oxygen atoms in total. The van der Waals surface area contributed by atoms with Gasteiger partial charge < -0.3 is 19.1 Å². The van der Waals surface area contributed by atoms with Crippen molar-refractivity contribution in [3.8, 4) is 11.5 Å². The van der Waals surface area contributed by atoms with Crippen LogP contribution in [0.25, 0.3) is 0 Å². The summed E-state index contributed by atoms with van der Waals surface area (Å²) in [6, 6.07) is 7.51. The normalized spacial score (nSPS) is 16.6. The zero-order valence-electron chi connectivity index (χ0n) is 17.4. The highest BCUT2D eigenvalue weighted by atomic mass is 19.2. The van der Waals surface area contributed by atoms with Crippen LogP contribution >= 0.6 is 0 Å². The fourth-order valence-corrected chi connectivity index (χ4v) is 3.93. The molecule has 0 unspecified atom stereocenters. The summed E-state index contributed by atoms with van der Waals surface area (Å²) in [5.74, 6) is -8.62. The summed E-state index contributed by atoms with van der Waals surface area (Å²) in [5, 5.41) is 0. The number of benzene rings is 3. The molecule has 5 rings (SSSR count). The number of morpholine rings is 1. The minimum atomic E-state index is -2.10. The number of hydrogen-bond donors (Lipinski definition) is 0. The Bertz CT molecular complexity index is 1240. The molecule has 2 aliphatic rings. The summed E-state index contributed by atoms with van der Waals surface area (Å²) in [5.41, 5.74) is -0.499. The summed E-state index contributed by atoms with van der Waals surface area (Å²) in [6.07, 6.45) is 0. The van der Waals surface area contributed by atoms with Crippen LogP contribution in [0.4, 0.5) is 22.0 Å². The van der Waals surface area contributed by atoms with Crippen LogP contribution in [-0.2, 0) is 10.5 Å². The van der Waals surface area contributed by atoms with Crippen LogP contribution in [0.5, 0.6) is 11.5 Å². The van der Waals surface area contributed by atoms with E-state index in [1.54, 1.807) is 0 Å². The van der Waals surface area contributed by atoms with Crippen LogP contribution in [0.2, 0.25) is 0 Å². The van der Waals surface area contributed by atoms with Crippen molar-refractivity contribution >= 4 is 5.91 Å². The molecule has 0 aliphatic carbocycles. The minimum Gasteiger partial charge on any atom is -0.440 e. The molecule has 3 aromatic rings. The Morgan fingerprint density at radius 1 is 0.706 bits per heavy atom. The molecule has 0 aromatic heterocycles. The second-order valence-corrected chi connectivity index (χ2v) is 7.76. The average Bonchev–Trinajstić information content (AvgIpc) is 3.21.